The Balaban J connectivity index is 1.41. The second-order valence-corrected chi connectivity index (χ2v) is 12.2. The number of aromatic nitrogens is 2. The topological polar surface area (TPSA) is 34.6 Å². The Morgan fingerprint density at radius 2 is 0.957 bits per heavy atom. The van der Waals surface area contributed by atoms with Gasteiger partial charge in [-0.1, -0.05) is 115 Å². The van der Waals surface area contributed by atoms with Crippen molar-refractivity contribution in [2.24, 2.45) is 9.98 Å². The van der Waals surface area contributed by atoms with Crippen molar-refractivity contribution < 1.29 is 0 Å². The lowest BCUT2D eigenvalue weighted by molar-refractivity contribution is 0.998. The molecule has 4 nitrogen and oxygen atoms in total. The maximum atomic E-state index is 5.47. The average molecular weight is 605 g/mol. The molecular weight excluding hydrogens is 573 g/mol. The van der Waals surface area contributed by atoms with Crippen LogP contribution in [-0.4, -0.2) is 20.8 Å². The summed E-state index contributed by atoms with van der Waals surface area (Å²) in [5.74, 6) is 0.680. The molecule has 0 saturated heterocycles. The lowest BCUT2D eigenvalue weighted by atomic mass is 9.99. The van der Waals surface area contributed by atoms with Crippen molar-refractivity contribution in [3.05, 3.63) is 168 Å². The van der Waals surface area contributed by atoms with Crippen LogP contribution in [0.5, 0.6) is 0 Å². The van der Waals surface area contributed by atoms with E-state index in [-0.39, 0.29) is 0 Å². The highest BCUT2D eigenvalue weighted by Gasteiger charge is 2.23. The molecule has 0 spiro atoms. The van der Waals surface area contributed by atoms with Crippen LogP contribution in [0.15, 0.2) is 167 Å². The minimum Gasteiger partial charge on any atom is -0.309 e. The molecule has 8 aromatic rings. The van der Waals surface area contributed by atoms with Gasteiger partial charge in [-0.2, -0.15) is 0 Å². The summed E-state index contributed by atoms with van der Waals surface area (Å²) in [5, 5.41) is 4.87. The first-order valence-electron chi connectivity index (χ1n) is 16.2. The molecule has 224 valence electrons. The Kier molecular flexibility index (Phi) is 6.46. The molecule has 3 heterocycles. The van der Waals surface area contributed by atoms with E-state index in [1.165, 1.54) is 38.2 Å². The highest BCUT2D eigenvalue weighted by Crippen LogP contribution is 2.41. The summed E-state index contributed by atoms with van der Waals surface area (Å²) in [6, 6.07) is 53.7. The first-order valence-corrected chi connectivity index (χ1v) is 16.2. The van der Waals surface area contributed by atoms with E-state index in [1.54, 1.807) is 0 Å². The lowest BCUT2D eigenvalue weighted by Crippen LogP contribution is -2.16. The summed E-state index contributed by atoms with van der Waals surface area (Å²) < 4.78 is 4.66. The van der Waals surface area contributed by atoms with Gasteiger partial charge in [-0.05, 0) is 67.3 Å². The molecule has 0 atom stereocenters. The summed E-state index contributed by atoms with van der Waals surface area (Å²) in [4.78, 5) is 10.9. The van der Waals surface area contributed by atoms with Gasteiger partial charge in [0, 0.05) is 32.8 Å². The summed E-state index contributed by atoms with van der Waals surface area (Å²) in [6.07, 6.45) is 1.72. The van der Waals surface area contributed by atoms with Crippen molar-refractivity contribution in [3.8, 4) is 5.69 Å². The van der Waals surface area contributed by atoms with Crippen molar-refractivity contribution in [3.63, 3.8) is 0 Å². The number of hydrogen-bond donors (Lipinski definition) is 0. The predicted molar refractivity (Wildman–Crippen MR) is 198 cm³/mol. The van der Waals surface area contributed by atoms with Gasteiger partial charge in [-0.15, -0.1) is 0 Å². The lowest BCUT2D eigenvalue weighted by Gasteiger charge is -2.17. The van der Waals surface area contributed by atoms with Gasteiger partial charge >= 0.3 is 0 Å². The van der Waals surface area contributed by atoms with Crippen LogP contribution in [0.25, 0.3) is 55.0 Å². The molecule has 0 bridgehead atoms. The van der Waals surface area contributed by atoms with Gasteiger partial charge in [-0.3, -0.25) is 4.57 Å². The molecule has 0 aliphatic carbocycles. The van der Waals surface area contributed by atoms with Crippen LogP contribution < -0.4 is 0 Å². The van der Waals surface area contributed by atoms with E-state index in [0.29, 0.717) is 5.96 Å². The Hall–Kier alpha value is -6.00. The smallest absolute Gasteiger partial charge is 0.235 e. The standard InChI is InChI=1S/C43H32N4/c1-29-25-26-35(30-15-5-2-6-16-30)44-43(45-42(29)31-17-7-3-8-18-31)47-37-24-14-12-22-34(37)41-39(47)28-27-38-40(41)33-21-11-13-23-36(33)46(38)32-19-9-4-10-20-32/h2-24,27-28H,25-26H2,1H3/b42-29+,44-35+,45-43+. The molecule has 0 radical (unpaired) electrons. The molecule has 6 aromatic carbocycles. The van der Waals surface area contributed by atoms with Crippen LogP contribution in [0.4, 0.5) is 0 Å². The summed E-state index contributed by atoms with van der Waals surface area (Å²) in [6.45, 7) is 2.21. The van der Waals surface area contributed by atoms with Crippen LogP contribution >= 0.6 is 0 Å². The van der Waals surface area contributed by atoms with E-state index in [2.05, 4.69) is 168 Å². The second-order valence-electron chi connectivity index (χ2n) is 12.2. The fraction of sp³-hybridized carbons (Fsp3) is 0.0698. The van der Waals surface area contributed by atoms with Crippen LogP contribution in [0.2, 0.25) is 0 Å². The fourth-order valence-corrected chi connectivity index (χ4v) is 7.26. The van der Waals surface area contributed by atoms with Crippen molar-refractivity contribution in [1.29, 1.82) is 0 Å². The third-order valence-corrected chi connectivity index (χ3v) is 9.43. The van der Waals surface area contributed by atoms with Crippen molar-refractivity contribution in [2.75, 3.05) is 0 Å². The Morgan fingerprint density at radius 3 is 1.60 bits per heavy atom. The Bertz CT molecular complexity index is 2550. The van der Waals surface area contributed by atoms with Gasteiger partial charge in [0.25, 0.3) is 0 Å². The van der Waals surface area contributed by atoms with Crippen molar-refractivity contribution in [2.45, 2.75) is 19.8 Å². The number of allylic oxidation sites excluding steroid dienone is 1. The van der Waals surface area contributed by atoms with Gasteiger partial charge in [0.05, 0.1) is 33.5 Å². The molecule has 0 amide bonds. The third-order valence-electron chi connectivity index (χ3n) is 9.43. The van der Waals surface area contributed by atoms with E-state index < -0.39 is 0 Å². The quantitative estimate of drug-likeness (QED) is 0.192. The Morgan fingerprint density at radius 1 is 0.447 bits per heavy atom. The zero-order valence-corrected chi connectivity index (χ0v) is 26.1. The van der Waals surface area contributed by atoms with Crippen LogP contribution in [0, 0.1) is 0 Å². The number of nitrogens with zero attached hydrogens (tertiary/aromatic N) is 4. The van der Waals surface area contributed by atoms with Gasteiger partial charge in [-0.25, -0.2) is 9.98 Å². The molecule has 0 N–H and O–H groups in total. The average Bonchev–Trinajstić information content (AvgIpc) is 3.64. The SMILES string of the molecule is C\C1=C(c2ccccc2)/N=C(n2c3ccccc3c3c4c5ccccc5n(-c5ccccc5)c4ccc32)\N=C(\c2ccccc2)CC1. The second kappa shape index (κ2) is 11.1. The molecular formula is C43H32N4. The highest BCUT2D eigenvalue weighted by atomic mass is 15.2. The Labute approximate surface area is 273 Å². The molecule has 1 aliphatic rings. The zero-order chi connectivity index (χ0) is 31.3. The number of aliphatic imine (C=N–C) groups is 2. The van der Waals surface area contributed by atoms with Gasteiger partial charge in [0.2, 0.25) is 5.96 Å². The van der Waals surface area contributed by atoms with Crippen LogP contribution in [0.3, 0.4) is 0 Å². The molecule has 1 aliphatic heterocycles. The highest BCUT2D eigenvalue weighted by molar-refractivity contribution is 6.30. The molecule has 9 rings (SSSR count). The van der Waals surface area contributed by atoms with E-state index >= 15 is 0 Å². The summed E-state index contributed by atoms with van der Waals surface area (Å²) in [5.41, 5.74) is 11.2. The molecule has 47 heavy (non-hydrogen) atoms. The van der Waals surface area contributed by atoms with Crippen LogP contribution in [-0.2, 0) is 0 Å². The van der Waals surface area contributed by atoms with Gasteiger partial charge in [0.1, 0.15) is 0 Å². The first kappa shape index (κ1) is 27.3. The van der Waals surface area contributed by atoms with E-state index in [0.717, 1.165) is 52.1 Å². The normalized spacial score (nSPS) is 17.8. The summed E-state index contributed by atoms with van der Waals surface area (Å²) >= 11 is 0. The van der Waals surface area contributed by atoms with Gasteiger partial charge in [0.15, 0.2) is 0 Å². The van der Waals surface area contributed by atoms with Crippen molar-refractivity contribution in [1.82, 2.24) is 9.13 Å². The maximum absolute atomic E-state index is 5.47. The van der Waals surface area contributed by atoms with Gasteiger partial charge < -0.3 is 4.57 Å². The van der Waals surface area contributed by atoms with E-state index in [9.17, 15) is 0 Å². The van der Waals surface area contributed by atoms with E-state index in [1.807, 2.05) is 0 Å². The minimum atomic E-state index is 0.680. The molecule has 2 aromatic heterocycles. The first-order chi connectivity index (χ1) is 23.3. The maximum Gasteiger partial charge on any atom is 0.235 e. The number of rotatable bonds is 3. The molecule has 0 saturated carbocycles. The van der Waals surface area contributed by atoms with Crippen molar-refractivity contribution >= 4 is 61.0 Å². The molecule has 4 heteroatoms. The number of benzene rings is 6. The molecule has 0 unspecified atom stereocenters. The van der Waals surface area contributed by atoms with Crippen LogP contribution in [0.1, 0.15) is 30.9 Å². The largest absolute Gasteiger partial charge is 0.309 e. The third kappa shape index (κ3) is 4.44. The number of para-hydroxylation sites is 3. The molecule has 0 fully saturated rings. The minimum absolute atomic E-state index is 0.680. The fourth-order valence-electron chi connectivity index (χ4n) is 7.26. The monoisotopic (exact) mass is 604 g/mol. The zero-order valence-electron chi connectivity index (χ0n) is 26.1. The number of fused-ring (bicyclic) bond motifs is 7. The summed E-state index contributed by atoms with van der Waals surface area (Å²) in [7, 11) is 0. The van der Waals surface area contributed by atoms with E-state index in [4.69, 9.17) is 9.98 Å². The predicted octanol–water partition coefficient (Wildman–Crippen LogP) is 10.8. The number of hydrogen-bond acceptors (Lipinski definition) is 2.